The number of Topliss-reactive ketones (excluding diaryl/α,β-unsaturated/α-hetero) is 6. The van der Waals surface area contributed by atoms with Crippen molar-refractivity contribution in [2.45, 2.75) is 60.8 Å². The molecule has 0 aromatic carbocycles. The summed E-state index contributed by atoms with van der Waals surface area (Å²) in [5.74, 6) is -0.375. The zero-order valence-electron chi connectivity index (χ0n) is 14.1. The molecule has 122 valence electrons. The Kier molecular flexibility index (Phi) is 23.7. The van der Waals surface area contributed by atoms with E-state index in [0.717, 1.165) is 0 Å². The standard InChI is InChI=1S/3C5H8O2.Zr/c3*1-4(6)3-5(2)7;/h3*3H2,1-2H3;/q;;;+2. The molecule has 0 aliphatic heterocycles. The predicted molar refractivity (Wildman–Crippen MR) is 77.9 cm³/mol. The summed E-state index contributed by atoms with van der Waals surface area (Å²) in [5.41, 5.74) is 0. The van der Waals surface area contributed by atoms with Crippen LogP contribution in [0.15, 0.2) is 0 Å². The monoisotopic (exact) mass is 390 g/mol. The van der Waals surface area contributed by atoms with Crippen molar-refractivity contribution in [3.8, 4) is 0 Å². The number of hydrogen-bond donors (Lipinski definition) is 0. The van der Waals surface area contributed by atoms with Gasteiger partial charge < -0.3 is 0 Å². The Hall–Kier alpha value is -1.10. The van der Waals surface area contributed by atoms with Crippen LogP contribution in [0.5, 0.6) is 0 Å². The van der Waals surface area contributed by atoms with Gasteiger partial charge in [0.2, 0.25) is 0 Å². The predicted octanol–water partition coefficient (Wildman–Crippen LogP) is 1.66. The summed E-state index contributed by atoms with van der Waals surface area (Å²) in [6.45, 7) is 8.42. The van der Waals surface area contributed by atoms with Crippen molar-refractivity contribution >= 4 is 34.7 Å². The quantitative estimate of drug-likeness (QED) is 0.638. The second-order valence-electron chi connectivity index (χ2n) is 4.74. The Labute approximate surface area is 150 Å². The molecule has 0 aliphatic rings. The smallest absolute Gasteiger partial charge is 0.300 e. The molecule has 0 aromatic rings. The Balaban J connectivity index is -0.000000108. The van der Waals surface area contributed by atoms with E-state index < -0.39 is 0 Å². The molecule has 0 atom stereocenters. The molecule has 0 fully saturated rings. The molecule has 0 saturated heterocycles. The van der Waals surface area contributed by atoms with Gasteiger partial charge in [-0.3, -0.25) is 28.8 Å². The molecule has 0 aliphatic carbocycles. The second-order valence-corrected chi connectivity index (χ2v) is 4.74. The molecule has 0 spiro atoms. The topological polar surface area (TPSA) is 102 Å². The van der Waals surface area contributed by atoms with E-state index in [9.17, 15) is 28.8 Å². The Morgan fingerprint density at radius 3 is 0.500 bits per heavy atom. The number of carbonyl (C=O) groups is 6. The minimum absolute atomic E-state index is 0. The Bertz CT molecular complexity index is 314. The maximum atomic E-state index is 10.0. The molecule has 0 rings (SSSR count). The van der Waals surface area contributed by atoms with Gasteiger partial charge in [-0.25, -0.2) is 0 Å². The van der Waals surface area contributed by atoms with Crippen LogP contribution >= 0.6 is 0 Å². The SMILES string of the molecule is CC(=O)CC(C)=O.CC(=O)CC(C)=O.CC(=O)CC(C)=O.[Zr+2]. The molecule has 0 bridgehead atoms. The first-order valence-corrected chi connectivity index (χ1v) is 6.35. The molecule has 0 amide bonds. The largest absolute Gasteiger partial charge is 2.00 e. The molecule has 7 heteroatoms. The van der Waals surface area contributed by atoms with E-state index in [2.05, 4.69) is 0 Å². The van der Waals surface area contributed by atoms with E-state index >= 15 is 0 Å². The van der Waals surface area contributed by atoms with Gasteiger partial charge in [-0.15, -0.1) is 0 Å². The summed E-state index contributed by atoms with van der Waals surface area (Å²) in [6, 6.07) is 0. The van der Waals surface area contributed by atoms with Gasteiger partial charge in [0.1, 0.15) is 34.7 Å². The summed E-state index contributed by atoms with van der Waals surface area (Å²) in [5, 5.41) is 0. The van der Waals surface area contributed by atoms with Crippen LogP contribution < -0.4 is 0 Å². The van der Waals surface area contributed by atoms with E-state index in [1.54, 1.807) is 0 Å². The van der Waals surface area contributed by atoms with Crippen LogP contribution in [-0.2, 0) is 55.0 Å². The number of ketones is 6. The summed E-state index contributed by atoms with van der Waals surface area (Å²) in [4.78, 5) is 60.2. The van der Waals surface area contributed by atoms with Crippen LogP contribution in [-0.4, -0.2) is 34.7 Å². The average molecular weight is 392 g/mol. The van der Waals surface area contributed by atoms with Gasteiger partial charge >= 0.3 is 26.2 Å². The fourth-order valence-electron chi connectivity index (χ4n) is 1.05. The fourth-order valence-corrected chi connectivity index (χ4v) is 1.05. The van der Waals surface area contributed by atoms with Crippen molar-refractivity contribution in [1.29, 1.82) is 0 Å². The normalized spacial score (nSPS) is 7.91. The summed E-state index contributed by atoms with van der Waals surface area (Å²) >= 11 is 0. The van der Waals surface area contributed by atoms with Crippen molar-refractivity contribution in [2.24, 2.45) is 0 Å². The third kappa shape index (κ3) is 51.0. The molecule has 0 N–H and O–H groups in total. The van der Waals surface area contributed by atoms with Crippen LogP contribution in [0.3, 0.4) is 0 Å². The van der Waals surface area contributed by atoms with Gasteiger partial charge in [0.15, 0.2) is 0 Å². The van der Waals surface area contributed by atoms with E-state index in [1.807, 2.05) is 0 Å². The van der Waals surface area contributed by atoms with Crippen molar-refractivity contribution in [1.82, 2.24) is 0 Å². The van der Waals surface area contributed by atoms with Crippen molar-refractivity contribution in [2.75, 3.05) is 0 Å². The minimum Gasteiger partial charge on any atom is -0.300 e. The van der Waals surface area contributed by atoms with Gasteiger partial charge in [0.25, 0.3) is 0 Å². The van der Waals surface area contributed by atoms with E-state index in [-0.39, 0.29) is 80.2 Å². The molecule has 0 heterocycles. The van der Waals surface area contributed by atoms with Crippen molar-refractivity contribution in [3.05, 3.63) is 0 Å². The summed E-state index contributed by atoms with van der Waals surface area (Å²) in [6.07, 6.45) is 0.250. The van der Waals surface area contributed by atoms with Crippen LogP contribution in [0.25, 0.3) is 0 Å². The van der Waals surface area contributed by atoms with Gasteiger partial charge in [-0.1, -0.05) is 0 Å². The van der Waals surface area contributed by atoms with Gasteiger partial charge in [-0.2, -0.15) is 0 Å². The van der Waals surface area contributed by atoms with Crippen molar-refractivity contribution in [3.63, 3.8) is 0 Å². The number of rotatable bonds is 6. The zero-order chi connectivity index (χ0) is 17.6. The van der Waals surface area contributed by atoms with Crippen molar-refractivity contribution < 1.29 is 55.0 Å². The van der Waals surface area contributed by atoms with E-state index in [0.29, 0.717) is 0 Å². The van der Waals surface area contributed by atoms with Crippen LogP contribution in [0, 0.1) is 0 Å². The average Bonchev–Trinajstić information content (AvgIpc) is 2.10. The van der Waals surface area contributed by atoms with Gasteiger partial charge in [0.05, 0.1) is 19.3 Å². The number of carbonyl (C=O) groups excluding carboxylic acids is 6. The fraction of sp³-hybridized carbons (Fsp3) is 0.600. The molecule has 0 saturated carbocycles. The maximum absolute atomic E-state index is 10.0. The summed E-state index contributed by atoms with van der Waals surface area (Å²) in [7, 11) is 0. The first kappa shape index (κ1) is 29.0. The van der Waals surface area contributed by atoms with E-state index in [1.165, 1.54) is 41.5 Å². The van der Waals surface area contributed by atoms with Gasteiger partial charge in [-0.05, 0) is 41.5 Å². The second kappa shape index (κ2) is 18.0. The molecule has 22 heavy (non-hydrogen) atoms. The van der Waals surface area contributed by atoms with Crippen LogP contribution in [0.4, 0.5) is 0 Å². The number of hydrogen-bond acceptors (Lipinski definition) is 6. The zero-order valence-corrected chi connectivity index (χ0v) is 16.5. The third-order valence-corrected chi connectivity index (χ3v) is 1.49. The maximum Gasteiger partial charge on any atom is 2.00 e. The summed E-state index contributed by atoms with van der Waals surface area (Å²) < 4.78 is 0. The van der Waals surface area contributed by atoms with Crippen LogP contribution in [0.2, 0.25) is 0 Å². The molecule has 0 radical (unpaired) electrons. The van der Waals surface area contributed by atoms with E-state index in [4.69, 9.17) is 0 Å². The molecule has 6 nitrogen and oxygen atoms in total. The first-order chi connectivity index (χ1) is 9.38. The van der Waals surface area contributed by atoms with Gasteiger partial charge in [0, 0.05) is 0 Å². The molecular weight excluding hydrogens is 367 g/mol. The Morgan fingerprint density at radius 1 is 0.409 bits per heavy atom. The Morgan fingerprint density at radius 2 is 0.500 bits per heavy atom. The third-order valence-electron chi connectivity index (χ3n) is 1.49. The first-order valence-electron chi connectivity index (χ1n) is 6.35. The molecule has 0 unspecified atom stereocenters. The van der Waals surface area contributed by atoms with Crippen LogP contribution in [0.1, 0.15) is 60.8 Å². The molecular formula is C15H24O6Zr+2. The minimum atomic E-state index is -0.0625. The molecule has 0 aromatic heterocycles.